The van der Waals surface area contributed by atoms with Gasteiger partial charge >= 0.3 is 35.8 Å². The first-order valence-electron chi connectivity index (χ1n) is 10.1. The zero-order chi connectivity index (χ0) is 27.8. The van der Waals surface area contributed by atoms with Crippen molar-refractivity contribution in [1.29, 1.82) is 0 Å². The van der Waals surface area contributed by atoms with Crippen molar-refractivity contribution in [2.75, 3.05) is 0 Å². The Bertz CT molecular complexity index is 1010. The summed E-state index contributed by atoms with van der Waals surface area (Å²) in [4.78, 5) is 8.15. The summed E-state index contributed by atoms with van der Waals surface area (Å²) in [6, 6.07) is 4.68. The summed E-state index contributed by atoms with van der Waals surface area (Å²) in [5.41, 5.74) is 0.989. The van der Waals surface area contributed by atoms with Crippen LogP contribution in [0.5, 0.6) is 0 Å². The first-order valence-corrected chi connectivity index (χ1v) is 10.1. The Kier molecular flexibility index (Phi) is 7.97. The van der Waals surface area contributed by atoms with Gasteiger partial charge in [0.1, 0.15) is 0 Å². The Morgan fingerprint density at radius 3 is 1.50 bits per heavy atom. The largest absolute Gasteiger partial charge is 0.460 e. The molecule has 0 aliphatic rings. The average Bonchev–Trinajstić information content (AvgIpc) is 2.77. The molecule has 0 saturated heterocycles. The molecule has 0 amide bonds. The SMILES string of the molecule is CCCc1cnc(-c2ccc(CCC(F)(F)C(F)(F)C(F)(F)C(F)(F)C(F)(F)C(F)(F)F)cc2)nc1. The van der Waals surface area contributed by atoms with Crippen LogP contribution >= 0.6 is 0 Å². The predicted molar refractivity (Wildman–Crippen MR) is 101 cm³/mol. The summed E-state index contributed by atoms with van der Waals surface area (Å²) in [7, 11) is 0. The van der Waals surface area contributed by atoms with Crippen LogP contribution in [0.3, 0.4) is 0 Å². The Balaban J connectivity index is 2.21. The number of hydrogen-bond acceptors (Lipinski definition) is 2. The smallest absolute Gasteiger partial charge is 0.236 e. The molecule has 0 aliphatic heterocycles. The Labute approximate surface area is 195 Å². The zero-order valence-electron chi connectivity index (χ0n) is 18.1. The maximum Gasteiger partial charge on any atom is 0.460 e. The molecule has 1 aromatic heterocycles. The van der Waals surface area contributed by atoms with E-state index in [4.69, 9.17) is 0 Å². The van der Waals surface area contributed by atoms with E-state index in [2.05, 4.69) is 9.97 Å². The normalized spacial score (nSPS) is 14.3. The summed E-state index contributed by atoms with van der Waals surface area (Å²) in [6.45, 7) is 1.93. The van der Waals surface area contributed by atoms with E-state index in [1.165, 1.54) is 24.5 Å². The van der Waals surface area contributed by atoms with Crippen LogP contribution in [0.1, 0.15) is 30.9 Å². The second-order valence-corrected chi connectivity index (χ2v) is 7.86. The molecule has 0 bridgehead atoms. The highest BCUT2D eigenvalue weighted by atomic mass is 19.4. The number of hydrogen-bond donors (Lipinski definition) is 0. The maximum absolute atomic E-state index is 13.9. The third-order valence-corrected chi connectivity index (χ3v) is 5.18. The van der Waals surface area contributed by atoms with Gasteiger partial charge in [0.05, 0.1) is 0 Å². The lowest BCUT2D eigenvalue weighted by atomic mass is 9.91. The van der Waals surface area contributed by atoms with Crippen LogP contribution in [0.4, 0.5) is 57.1 Å². The summed E-state index contributed by atoms with van der Waals surface area (Å²) >= 11 is 0. The second-order valence-electron chi connectivity index (χ2n) is 7.86. The summed E-state index contributed by atoms with van der Waals surface area (Å²) in [6.07, 6.45) is -6.25. The van der Waals surface area contributed by atoms with Gasteiger partial charge in [0, 0.05) is 24.4 Å². The molecule has 1 heterocycles. The van der Waals surface area contributed by atoms with Gasteiger partial charge in [-0.25, -0.2) is 9.97 Å². The van der Waals surface area contributed by atoms with Gasteiger partial charge in [0.25, 0.3) is 0 Å². The molecule has 2 nitrogen and oxygen atoms in total. The molecule has 0 saturated carbocycles. The van der Waals surface area contributed by atoms with Crippen molar-refractivity contribution in [3.05, 3.63) is 47.8 Å². The fourth-order valence-corrected chi connectivity index (χ4v) is 3.00. The first kappa shape index (κ1) is 29.6. The van der Waals surface area contributed by atoms with Gasteiger partial charge in [0.2, 0.25) is 0 Å². The van der Waals surface area contributed by atoms with Crippen molar-refractivity contribution in [1.82, 2.24) is 9.97 Å². The standard InChI is InChI=1S/C21H17F13N2/c1-2-3-13-10-35-15(36-11-13)14-6-4-12(5-7-14)8-9-16(22,23)17(24,25)18(26,27)19(28,29)20(30,31)21(32,33)34/h4-7,10-11H,2-3,8-9H2,1H3. The fourth-order valence-electron chi connectivity index (χ4n) is 3.00. The van der Waals surface area contributed by atoms with Crippen LogP contribution in [0.2, 0.25) is 0 Å². The number of aryl methyl sites for hydroxylation is 2. The number of rotatable bonds is 10. The summed E-state index contributed by atoms with van der Waals surface area (Å²) in [5, 5.41) is 0. The molecule has 0 fully saturated rings. The molecule has 0 radical (unpaired) electrons. The van der Waals surface area contributed by atoms with Crippen molar-refractivity contribution in [2.45, 2.75) is 68.4 Å². The first-order chi connectivity index (χ1) is 16.2. The molecule has 2 aromatic rings. The minimum Gasteiger partial charge on any atom is -0.236 e. The van der Waals surface area contributed by atoms with E-state index in [0.717, 1.165) is 24.1 Å². The highest BCUT2D eigenvalue weighted by Gasteiger charge is 2.90. The van der Waals surface area contributed by atoms with Gasteiger partial charge in [-0.05, 0) is 24.0 Å². The number of aromatic nitrogens is 2. The molecule has 15 heteroatoms. The molecule has 0 aliphatic carbocycles. The molecule has 2 rings (SSSR count). The lowest BCUT2D eigenvalue weighted by molar-refractivity contribution is -0.440. The van der Waals surface area contributed by atoms with Crippen LogP contribution in [-0.4, -0.2) is 45.8 Å². The number of alkyl halides is 13. The quantitative estimate of drug-likeness (QED) is 0.286. The maximum atomic E-state index is 13.9. The Hall–Kier alpha value is -2.61. The summed E-state index contributed by atoms with van der Waals surface area (Å²) < 4.78 is 171. The van der Waals surface area contributed by atoms with E-state index in [1.54, 1.807) is 0 Å². The minimum atomic E-state index is -7.89. The van der Waals surface area contributed by atoms with Crippen molar-refractivity contribution in [3.8, 4) is 11.4 Å². The van der Waals surface area contributed by atoms with Gasteiger partial charge < -0.3 is 0 Å². The lowest BCUT2D eigenvalue weighted by Gasteiger charge is -2.39. The van der Waals surface area contributed by atoms with Crippen molar-refractivity contribution in [3.63, 3.8) is 0 Å². The highest BCUT2D eigenvalue weighted by Crippen LogP contribution is 2.60. The Morgan fingerprint density at radius 1 is 0.583 bits per heavy atom. The second kappa shape index (κ2) is 9.69. The third-order valence-electron chi connectivity index (χ3n) is 5.18. The topological polar surface area (TPSA) is 25.8 Å². The Morgan fingerprint density at radius 2 is 1.06 bits per heavy atom. The molecular weight excluding hydrogens is 527 g/mol. The molecular formula is C21H17F13N2. The van der Waals surface area contributed by atoms with E-state index in [0.29, 0.717) is 12.0 Å². The molecule has 0 spiro atoms. The molecule has 1 aromatic carbocycles. The van der Waals surface area contributed by atoms with Crippen molar-refractivity contribution < 1.29 is 57.1 Å². The van der Waals surface area contributed by atoms with Crippen LogP contribution < -0.4 is 0 Å². The molecule has 36 heavy (non-hydrogen) atoms. The summed E-state index contributed by atoms with van der Waals surface area (Å²) in [5.74, 6) is -36.6. The molecule has 0 atom stereocenters. The lowest BCUT2D eigenvalue weighted by Crippen LogP contribution is -2.70. The van der Waals surface area contributed by atoms with Crippen LogP contribution in [0, 0.1) is 0 Å². The van der Waals surface area contributed by atoms with Gasteiger partial charge in [-0.1, -0.05) is 37.6 Å². The third kappa shape index (κ3) is 5.10. The molecule has 0 N–H and O–H groups in total. The van der Waals surface area contributed by atoms with E-state index in [1.807, 2.05) is 6.92 Å². The highest BCUT2D eigenvalue weighted by molar-refractivity contribution is 5.55. The molecule has 0 unspecified atom stereocenters. The van der Waals surface area contributed by atoms with Gasteiger partial charge in [0.15, 0.2) is 5.82 Å². The van der Waals surface area contributed by atoms with Crippen LogP contribution in [0.15, 0.2) is 36.7 Å². The number of benzene rings is 1. The number of halogens is 13. The van der Waals surface area contributed by atoms with Gasteiger partial charge in [-0.3, -0.25) is 0 Å². The van der Waals surface area contributed by atoms with E-state index >= 15 is 0 Å². The van der Waals surface area contributed by atoms with Crippen molar-refractivity contribution >= 4 is 0 Å². The van der Waals surface area contributed by atoms with Crippen LogP contribution in [-0.2, 0) is 12.8 Å². The van der Waals surface area contributed by atoms with E-state index < -0.39 is 48.6 Å². The van der Waals surface area contributed by atoms with Gasteiger partial charge in [-0.2, -0.15) is 57.1 Å². The van der Waals surface area contributed by atoms with Crippen LogP contribution in [0.25, 0.3) is 11.4 Å². The molecule has 202 valence electrons. The number of nitrogens with zero attached hydrogens (tertiary/aromatic N) is 2. The van der Waals surface area contributed by atoms with E-state index in [-0.39, 0.29) is 11.4 Å². The van der Waals surface area contributed by atoms with Gasteiger partial charge in [-0.15, -0.1) is 0 Å². The van der Waals surface area contributed by atoms with E-state index in [9.17, 15) is 57.1 Å². The minimum absolute atomic E-state index is 0.187. The van der Waals surface area contributed by atoms with Crippen molar-refractivity contribution in [2.24, 2.45) is 0 Å². The predicted octanol–water partition coefficient (Wildman–Crippen LogP) is 7.77. The zero-order valence-corrected chi connectivity index (χ0v) is 18.1. The average molecular weight is 544 g/mol. The monoisotopic (exact) mass is 544 g/mol. The fraction of sp³-hybridized carbons (Fsp3) is 0.524.